The zero-order chi connectivity index (χ0) is 12.3. The van der Waals surface area contributed by atoms with Crippen molar-refractivity contribution < 1.29 is 5.11 Å². The van der Waals surface area contributed by atoms with Gasteiger partial charge in [-0.3, -0.25) is 4.90 Å². The van der Waals surface area contributed by atoms with Gasteiger partial charge in [-0.1, -0.05) is 13.3 Å². The summed E-state index contributed by atoms with van der Waals surface area (Å²) in [6.45, 7) is 4.72. The molecule has 3 heteroatoms. The maximum Gasteiger partial charge on any atom is 0.0601 e. The molecule has 0 aromatic rings. The first-order chi connectivity index (χ1) is 8.24. The van der Waals surface area contributed by atoms with Gasteiger partial charge in [-0.05, 0) is 43.9 Å². The molecule has 0 bridgehead atoms. The molecule has 0 radical (unpaired) electrons. The summed E-state index contributed by atoms with van der Waals surface area (Å²) in [5.41, 5.74) is 6.23. The normalized spacial score (nSPS) is 24.0. The third-order valence-corrected chi connectivity index (χ3v) is 4.15. The highest BCUT2D eigenvalue weighted by Gasteiger charge is 2.34. The van der Waals surface area contributed by atoms with Crippen LogP contribution in [0, 0.1) is 11.8 Å². The second-order valence-corrected chi connectivity index (χ2v) is 6.04. The topological polar surface area (TPSA) is 49.5 Å². The lowest BCUT2D eigenvalue weighted by atomic mass is 10.0. The van der Waals surface area contributed by atoms with E-state index in [0.717, 1.165) is 24.7 Å². The lowest BCUT2D eigenvalue weighted by molar-refractivity contribution is 0.0927. The zero-order valence-electron chi connectivity index (χ0n) is 11.1. The van der Waals surface area contributed by atoms with Gasteiger partial charge in [0, 0.05) is 25.2 Å². The quantitative estimate of drug-likeness (QED) is 0.643. The van der Waals surface area contributed by atoms with E-state index in [1.165, 1.54) is 38.8 Å². The summed E-state index contributed by atoms with van der Waals surface area (Å²) in [6, 6.07) is 0.332. The van der Waals surface area contributed by atoms with Crippen molar-refractivity contribution in [3.05, 3.63) is 0 Å². The SMILES string of the molecule is CCCC(N)C(CO)N(CC1CC1)CC1CC1. The number of rotatable bonds is 9. The molecule has 0 aromatic heterocycles. The monoisotopic (exact) mass is 240 g/mol. The maximum absolute atomic E-state index is 9.64. The maximum atomic E-state index is 9.64. The summed E-state index contributed by atoms with van der Waals surface area (Å²) < 4.78 is 0. The summed E-state index contributed by atoms with van der Waals surface area (Å²) in [4.78, 5) is 2.50. The van der Waals surface area contributed by atoms with E-state index in [1.54, 1.807) is 0 Å². The van der Waals surface area contributed by atoms with E-state index in [1.807, 2.05) is 0 Å². The summed E-state index contributed by atoms with van der Waals surface area (Å²) in [6.07, 6.45) is 7.64. The van der Waals surface area contributed by atoms with Gasteiger partial charge in [-0.2, -0.15) is 0 Å². The second-order valence-electron chi connectivity index (χ2n) is 6.04. The van der Waals surface area contributed by atoms with Crippen molar-refractivity contribution in [2.24, 2.45) is 17.6 Å². The van der Waals surface area contributed by atoms with Gasteiger partial charge in [0.2, 0.25) is 0 Å². The highest BCUT2D eigenvalue weighted by Crippen LogP contribution is 2.34. The standard InChI is InChI=1S/C14H28N2O/c1-2-3-13(15)14(10-17)16(8-11-4-5-11)9-12-6-7-12/h11-14,17H,2-10,15H2,1H3. The van der Waals surface area contributed by atoms with Crippen molar-refractivity contribution in [3.63, 3.8) is 0 Å². The van der Waals surface area contributed by atoms with Crippen LogP contribution < -0.4 is 5.73 Å². The summed E-state index contributed by atoms with van der Waals surface area (Å²) in [5, 5.41) is 9.64. The van der Waals surface area contributed by atoms with Crippen LogP contribution in [0.5, 0.6) is 0 Å². The van der Waals surface area contributed by atoms with Crippen molar-refractivity contribution >= 4 is 0 Å². The lowest BCUT2D eigenvalue weighted by Gasteiger charge is -2.34. The third kappa shape index (κ3) is 4.23. The van der Waals surface area contributed by atoms with E-state index in [-0.39, 0.29) is 18.7 Å². The van der Waals surface area contributed by atoms with Gasteiger partial charge < -0.3 is 10.8 Å². The fraction of sp³-hybridized carbons (Fsp3) is 1.00. The fourth-order valence-corrected chi connectivity index (χ4v) is 2.66. The molecule has 0 aromatic carbocycles. The molecular weight excluding hydrogens is 212 g/mol. The number of aliphatic hydroxyl groups is 1. The molecule has 17 heavy (non-hydrogen) atoms. The fourth-order valence-electron chi connectivity index (χ4n) is 2.66. The van der Waals surface area contributed by atoms with E-state index in [4.69, 9.17) is 5.73 Å². The third-order valence-electron chi connectivity index (χ3n) is 4.15. The molecule has 3 nitrogen and oxygen atoms in total. The van der Waals surface area contributed by atoms with Gasteiger partial charge in [-0.25, -0.2) is 0 Å². The van der Waals surface area contributed by atoms with E-state index < -0.39 is 0 Å². The predicted octanol–water partition coefficient (Wildman–Crippen LogP) is 1.60. The van der Waals surface area contributed by atoms with Crippen LogP contribution >= 0.6 is 0 Å². The molecule has 3 N–H and O–H groups in total. The molecule has 0 heterocycles. The number of hydrogen-bond donors (Lipinski definition) is 2. The molecule has 2 fully saturated rings. The first-order valence-electron chi connectivity index (χ1n) is 7.35. The van der Waals surface area contributed by atoms with E-state index in [2.05, 4.69) is 11.8 Å². The molecule has 0 saturated heterocycles. The summed E-state index contributed by atoms with van der Waals surface area (Å²) >= 11 is 0. The van der Waals surface area contributed by atoms with E-state index in [9.17, 15) is 5.11 Å². The van der Waals surface area contributed by atoms with Gasteiger partial charge in [0.05, 0.1) is 6.61 Å². The van der Waals surface area contributed by atoms with Crippen molar-refractivity contribution in [1.82, 2.24) is 4.90 Å². The Morgan fingerprint density at radius 3 is 2.06 bits per heavy atom. The number of aliphatic hydroxyl groups excluding tert-OH is 1. The van der Waals surface area contributed by atoms with Crippen molar-refractivity contribution in [2.75, 3.05) is 19.7 Å². The summed E-state index contributed by atoms with van der Waals surface area (Å²) in [7, 11) is 0. The molecular formula is C14H28N2O. The van der Waals surface area contributed by atoms with Crippen molar-refractivity contribution in [1.29, 1.82) is 0 Å². The van der Waals surface area contributed by atoms with Crippen LogP contribution in [0.25, 0.3) is 0 Å². The van der Waals surface area contributed by atoms with Gasteiger partial charge in [0.25, 0.3) is 0 Å². The molecule has 2 aliphatic carbocycles. The van der Waals surface area contributed by atoms with Gasteiger partial charge in [-0.15, -0.1) is 0 Å². The average Bonchev–Trinajstić information content (AvgIpc) is 3.14. The molecule has 2 unspecified atom stereocenters. The van der Waals surface area contributed by atoms with Gasteiger partial charge >= 0.3 is 0 Å². The number of hydrogen-bond acceptors (Lipinski definition) is 3. The lowest BCUT2D eigenvalue weighted by Crippen LogP contribution is -2.51. The molecule has 0 aliphatic heterocycles. The van der Waals surface area contributed by atoms with Crippen LogP contribution in [0.4, 0.5) is 0 Å². The van der Waals surface area contributed by atoms with Crippen LogP contribution in [-0.4, -0.2) is 41.8 Å². The smallest absolute Gasteiger partial charge is 0.0601 e. The van der Waals surface area contributed by atoms with E-state index in [0.29, 0.717) is 0 Å². The molecule has 2 rings (SSSR count). The Labute approximate surface area is 105 Å². The predicted molar refractivity (Wildman–Crippen MR) is 70.8 cm³/mol. The molecule has 2 saturated carbocycles. The number of nitrogens with two attached hydrogens (primary N) is 1. The van der Waals surface area contributed by atoms with Crippen LogP contribution in [0.3, 0.4) is 0 Å². The van der Waals surface area contributed by atoms with E-state index >= 15 is 0 Å². The highest BCUT2D eigenvalue weighted by molar-refractivity contribution is 4.89. The van der Waals surface area contributed by atoms with Crippen molar-refractivity contribution in [2.45, 2.75) is 57.5 Å². The average molecular weight is 240 g/mol. The van der Waals surface area contributed by atoms with Gasteiger partial charge in [0.15, 0.2) is 0 Å². The molecule has 100 valence electrons. The first kappa shape index (κ1) is 13.3. The summed E-state index contributed by atoms with van der Waals surface area (Å²) in [5.74, 6) is 1.77. The minimum absolute atomic E-state index is 0.141. The van der Waals surface area contributed by atoms with Crippen LogP contribution in [-0.2, 0) is 0 Å². The molecule has 2 atom stereocenters. The highest BCUT2D eigenvalue weighted by atomic mass is 16.3. The first-order valence-corrected chi connectivity index (χ1v) is 7.35. The minimum atomic E-state index is 0.141. The van der Waals surface area contributed by atoms with Crippen LogP contribution in [0.2, 0.25) is 0 Å². The minimum Gasteiger partial charge on any atom is -0.395 e. The Kier molecular flexibility index (Phi) is 4.83. The van der Waals surface area contributed by atoms with Crippen LogP contribution in [0.1, 0.15) is 45.4 Å². The Morgan fingerprint density at radius 2 is 1.71 bits per heavy atom. The Morgan fingerprint density at radius 1 is 1.18 bits per heavy atom. The van der Waals surface area contributed by atoms with Crippen molar-refractivity contribution in [3.8, 4) is 0 Å². The second kappa shape index (κ2) is 6.17. The van der Waals surface area contributed by atoms with Crippen LogP contribution in [0.15, 0.2) is 0 Å². The Hall–Kier alpha value is -0.120. The van der Waals surface area contributed by atoms with Gasteiger partial charge in [0.1, 0.15) is 0 Å². The molecule has 0 spiro atoms. The Bertz CT molecular complexity index is 212. The number of nitrogens with zero attached hydrogens (tertiary/aromatic N) is 1. The zero-order valence-corrected chi connectivity index (χ0v) is 11.1. The molecule has 2 aliphatic rings. The largest absolute Gasteiger partial charge is 0.395 e. The Balaban J connectivity index is 1.88. The molecule has 0 amide bonds.